The highest BCUT2D eigenvalue weighted by Gasteiger charge is 2.18. The van der Waals surface area contributed by atoms with Gasteiger partial charge < -0.3 is 14.4 Å². The Bertz CT molecular complexity index is 479. The maximum Gasteiger partial charge on any atom is 0.353 e. The fourth-order valence-corrected chi connectivity index (χ4v) is 2.29. The molecule has 5 nitrogen and oxygen atoms in total. The number of hydrogen-bond donors (Lipinski definition) is 1. The molecule has 1 atom stereocenters. The summed E-state index contributed by atoms with van der Waals surface area (Å²) in [6, 6.07) is 8.98. The van der Waals surface area contributed by atoms with E-state index in [1.54, 1.807) is 6.08 Å². The number of rotatable bonds is 6. The van der Waals surface area contributed by atoms with Gasteiger partial charge >= 0.3 is 7.60 Å². The fourth-order valence-electron chi connectivity index (χ4n) is 1.51. The Labute approximate surface area is 113 Å². The highest BCUT2D eigenvalue weighted by molar-refractivity contribution is 7.57. The van der Waals surface area contributed by atoms with Crippen LogP contribution >= 0.6 is 7.60 Å². The molecule has 0 aliphatic rings. The van der Waals surface area contributed by atoms with Crippen molar-refractivity contribution >= 4 is 13.5 Å². The fraction of sp³-hybridized carbons (Fsp3) is 0.308. The van der Waals surface area contributed by atoms with Gasteiger partial charge in [0.2, 0.25) is 5.91 Å². The van der Waals surface area contributed by atoms with E-state index in [4.69, 9.17) is 9.05 Å². The highest BCUT2D eigenvalue weighted by atomic mass is 31.2. The molecule has 0 aromatic heterocycles. The van der Waals surface area contributed by atoms with E-state index < -0.39 is 7.60 Å². The zero-order valence-corrected chi connectivity index (χ0v) is 12.1. The van der Waals surface area contributed by atoms with Gasteiger partial charge in [0.25, 0.3) is 0 Å². The number of carbonyl (C=O) groups is 1. The summed E-state index contributed by atoms with van der Waals surface area (Å²) in [6.45, 7) is 1.43. The van der Waals surface area contributed by atoms with Gasteiger partial charge in [0.1, 0.15) is 0 Å². The molecule has 1 rings (SSSR count). The van der Waals surface area contributed by atoms with Gasteiger partial charge in [-0.2, -0.15) is 0 Å². The van der Waals surface area contributed by atoms with Crippen molar-refractivity contribution in [2.45, 2.75) is 13.0 Å². The first-order valence-electron chi connectivity index (χ1n) is 5.73. The van der Waals surface area contributed by atoms with E-state index in [1.807, 2.05) is 30.3 Å². The summed E-state index contributed by atoms with van der Waals surface area (Å²) in [5, 5.41) is 2.76. The summed E-state index contributed by atoms with van der Waals surface area (Å²) < 4.78 is 21.6. The van der Waals surface area contributed by atoms with Crippen LogP contribution in [0.1, 0.15) is 18.5 Å². The topological polar surface area (TPSA) is 64.6 Å². The Morgan fingerprint density at radius 1 is 1.26 bits per heavy atom. The zero-order valence-electron chi connectivity index (χ0n) is 11.2. The van der Waals surface area contributed by atoms with E-state index in [9.17, 15) is 9.36 Å². The molecular formula is C13H18NO4P. The van der Waals surface area contributed by atoms with Gasteiger partial charge in [0.15, 0.2) is 0 Å². The molecule has 19 heavy (non-hydrogen) atoms. The monoisotopic (exact) mass is 283 g/mol. The van der Waals surface area contributed by atoms with Crippen molar-refractivity contribution in [1.82, 2.24) is 5.32 Å². The van der Waals surface area contributed by atoms with Crippen LogP contribution in [0.25, 0.3) is 0 Å². The second-order valence-electron chi connectivity index (χ2n) is 3.84. The van der Waals surface area contributed by atoms with Crippen molar-refractivity contribution < 1.29 is 18.4 Å². The zero-order chi connectivity index (χ0) is 14.3. The molecule has 1 unspecified atom stereocenters. The first kappa shape index (κ1) is 15.6. The molecule has 1 aromatic rings. The van der Waals surface area contributed by atoms with Gasteiger partial charge in [-0.25, -0.2) is 0 Å². The number of nitrogens with one attached hydrogen (secondary N) is 1. The Hall–Kier alpha value is -1.42. The van der Waals surface area contributed by atoms with E-state index in [0.29, 0.717) is 0 Å². The van der Waals surface area contributed by atoms with Gasteiger partial charge in [-0.3, -0.25) is 9.36 Å². The second kappa shape index (κ2) is 7.24. The van der Waals surface area contributed by atoms with Crippen molar-refractivity contribution in [2.24, 2.45) is 0 Å². The van der Waals surface area contributed by atoms with Crippen molar-refractivity contribution in [3.8, 4) is 0 Å². The normalized spacial score (nSPS) is 13.4. The van der Waals surface area contributed by atoms with Crippen LogP contribution < -0.4 is 5.32 Å². The molecule has 0 aliphatic heterocycles. The predicted molar refractivity (Wildman–Crippen MR) is 73.8 cm³/mol. The van der Waals surface area contributed by atoms with Gasteiger partial charge in [-0.05, 0) is 11.6 Å². The second-order valence-corrected chi connectivity index (χ2v) is 5.94. The highest BCUT2D eigenvalue weighted by Crippen LogP contribution is 2.48. The Kier molecular flexibility index (Phi) is 5.96. The lowest BCUT2D eigenvalue weighted by molar-refractivity contribution is -0.119. The van der Waals surface area contributed by atoms with Crippen LogP contribution in [-0.4, -0.2) is 20.1 Å². The van der Waals surface area contributed by atoms with Crippen molar-refractivity contribution in [2.75, 3.05) is 14.2 Å². The molecule has 0 aliphatic carbocycles. The summed E-state index contributed by atoms with van der Waals surface area (Å²) >= 11 is 0. The van der Waals surface area contributed by atoms with Crippen LogP contribution in [0.5, 0.6) is 0 Å². The first-order valence-corrected chi connectivity index (χ1v) is 7.34. The quantitative estimate of drug-likeness (QED) is 0.815. The van der Waals surface area contributed by atoms with Crippen LogP contribution in [0.3, 0.4) is 0 Å². The van der Waals surface area contributed by atoms with Gasteiger partial charge in [0, 0.05) is 27.0 Å². The minimum Gasteiger partial charge on any atom is -0.346 e. The van der Waals surface area contributed by atoms with E-state index in [-0.39, 0.29) is 11.9 Å². The Balaban J connectivity index is 2.96. The molecule has 0 bridgehead atoms. The summed E-state index contributed by atoms with van der Waals surface area (Å²) in [5.41, 5.74) is 0.882. The van der Waals surface area contributed by atoms with Crippen molar-refractivity contribution in [3.05, 3.63) is 47.8 Å². The molecule has 0 radical (unpaired) electrons. The first-order chi connectivity index (χ1) is 9.00. The largest absolute Gasteiger partial charge is 0.353 e. The molecule has 0 spiro atoms. The van der Waals surface area contributed by atoms with E-state index in [1.165, 1.54) is 27.0 Å². The number of benzene rings is 1. The van der Waals surface area contributed by atoms with Gasteiger partial charge in [-0.1, -0.05) is 30.3 Å². The minimum atomic E-state index is -3.23. The summed E-state index contributed by atoms with van der Waals surface area (Å²) in [7, 11) is -0.611. The van der Waals surface area contributed by atoms with Crippen LogP contribution in [0.15, 0.2) is 42.2 Å². The molecule has 0 fully saturated rings. The van der Waals surface area contributed by atoms with Crippen LogP contribution in [0.4, 0.5) is 0 Å². The van der Waals surface area contributed by atoms with Crippen molar-refractivity contribution in [3.63, 3.8) is 0 Å². The molecule has 104 valence electrons. The predicted octanol–water partition coefficient (Wildman–Crippen LogP) is 2.86. The average Bonchev–Trinajstić information content (AvgIpc) is 2.43. The average molecular weight is 283 g/mol. The Morgan fingerprint density at radius 2 is 1.84 bits per heavy atom. The van der Waals surface area contributed by atoms with Gasteiger partial charge in [0.05, 0.1) is 6.04 Å². The minimum absolute atomic E-state index is 0.178. The third-order valence-corrected chi connectivity index (χ3v) is 4.04. The standard InChI is InChI=1S/C13H18NO4P/c1-11(15)14-13(12-7-5-4-6-8-12)9-10-19(16,17-2)18-3/h4-10,13H,1-3H3,(H,14,15)/b10-9+. The molecule has 0 saturated heterocycles. The van der Waals surface area contributed by atoms with E-state index >= 15 is 0 Å². The lowest BCUT2D eigenvalue weighted by Crippen LogP contribution is -2.24. The summed E-state index contributed by atoms with van der Waals surface area (Å²) in [4.78, 5) is 11.2. The maximum atomic E-state index is 11.9. The Morgan fingerprint density at radius 3 is 2.32 bits per heavy atom. The van der Waals surface area contributed by atoms with Gasteiger partial charge in [-0.15, -0.1) is 0 Å². The lowest BCUT2D eigenvalue weighted by Gasteiger charge is -2.15. The molecule has 0 heterocycles. The summed E-state index contributed by atoms with van der Waals surface area (Å²) in [5.74, 6) is 1.17. The maximum absolute atomic E-state index is 11.9. The number of carbonyl (C=O) groups excluding carboxylic acids is 1. The SMILES string of the molecule is COP(=O)(/C=C/C(NC(C)=O)c1ccccc1)OC. The van der Waals surface area contributed by atoms with E-state index in [2.05, 4.69) is 5.32 Å². The molecule has 1 aromatic carbocycles. The third kappa shape index (κ3) is 4.99. The molecule has 1 amide bonds. The van der Waals surface area contributed by atoms with E-state index in [0.717, 1.165) is 5.56 Å². The lowest BCUT2D eigenvalue weighted by atomic mass is 10.1. The number of amides is 1. The molecule has 6 heteroatoms. The van der Waals surface area contributed by atoms with Crippen LogP contribution in [0.2, 0.25) is 0 Å². The molecule has 1 N–H and O–H groups in total. The molecule has 0 saturated carbocycles. The van der Waals surface area contributed by atoms with Crippen molar-refractivity contribution in [1.29, 1.82) is 0 Å². The van der Waals surface area contributed by atoms with Crippen LogP contribution in [-0.2, 0) is 18.4 Å². The molecular weight excluding hydrogens is 265 g/mol. The number of hydrogen-bond acceptors (Lipinski definition) is 4. The summed E-state index contributed by atoms with van der Waals surface area (Å²) in [6.07, 6.45) is 1.60. The smallest absolute Gasteiger partial charge is 0.346 e. The van der Waals surface area contributed by atoms with Crippen LogP contribution in [0, 0.1) is 0 Å². The third-order valence-electron chi connectivity index (χ3n) is 2.49.